The van der Waals surface area contributed by atoms with Crippen molar-refractivity contribution in [3.63, 3.8) is 0 Å². The zero-order chi connectivity index (χ0) is 26.1. The summed E-state index contributed by atoms with van der Waals surface area (Å²) in [4.78, 5) is 6.75. The lowest BCUT2D eigenvalue weighted by molar-refractivity contribution is 0.103. The van der Waals surface area contributed by atoms with E-state index in [9.17, 15) is 8.60 Å². The number of ether oxygens (including phenoxy) is 1. The number of nitrogens with zero attached hydrogens (tertiary/aromatic N) is 4. The first-order valence-electron chi connectivity index (χ1n) is 13.0. The third kappa shape index (κ3) is 3.70. The number of aryl methyl sites for hydroxylation is 1. The van der Waals surface area contributed by atoms with Gasteiger partial charge in [-0.3, -0.25) is 4.21 Å². The first-order valence-corrected chi connectivity index (χ1v) is 14.5. The van der Waals surface area contributed by atoms with Gasteiger partial charge in [-0.25, -0.2) is 9.37 Å². The Labute approximate surface area is 223 Å². The molecule has 0 aliphatic carbocycles. The predicted octanol–water partition coefficient (Wildman–Crippen LogP) is 3.92. The van der Waals surface area contributed by atoms with Crippen molar-refractivity contribution in [3.05, 3.63) is 82.7 Å². The summed E-state index contributed by atoms with van der Waals surface area (Å²) in [5.41, 5.74) is 9.25. The van der Waals surface area contributed by atoms with Crippen LogP contribution < -0.4 is 10.2 Å². The van der Waals surface area contributed by atoms with Gasteiger partial charge in [0, 0.05) is 52.4 Å². The van der Waals surface area contributed by atoms with Crippen molar-refractivity contribution in [2.45, 2.75) is 32.2 Å². The van der Waals surface area contributed by atoms with E-state index < -0.39 is 16.3 Å². The number of benzene rings is 2. The van der Waals surface area contributed by atoms with Crippen molar-refractivity contribution in [1.82, 2.24) is 19.9 Å². The van der Waals surface area contributed by atoms with Gasteiger partial charge in [-0.15, -0.1) is 0 Å². The number of imidazole rings is 1. The van der Waals surface area contributed by atoms with Gasteiger partial charge in [0.15, 0.2) is 5.84 Å². The summed E-state index contributed by atoms with van der Waals surface area (Å²) >= 11 is 0. The van der Waals surface area contributed by atoms with Crippen molar-refractivity contribution in [2.24, 2.45) is 10.5 Å². The van der Waals surface area contributed by atoms with E-state index in [0.717, 1.165) is 59.1 Å². The first-order chi connectivity index (χ1) is 18.3. The first kappa shape index (κ1) is 23.6. The van der Waals surface area contributed by atoms with Crippen LogP contribution in [0.4, 0.5) is 4.39 Å². The lowest BCUT2D eigenvalue weighted by Gasteiger charge is -2.56. The Bertz CT molecular complexity index is 1520. The van der Waals surface area contributed by atoms with E-state index in [-0.39, 0.29) is 11.2 Å². The number of nitrogens with one attached hydrogen (secondary N) is 1. The van der Waals surface area contributed by atoms with Crippen LogP contribution in [0.25, 0.3) is 11.8 Å². The molecular weight excluding hydrogens is 501 g/mol. The molecule has 196 valence electrons. The molecule has 4 aliphatic rings. The minimum Gasteiger partial charge on any atom is -0.491 e. The van der Waals surface area contributed by atoms with E-state index in [4.69, 9.17) is 9.84 Å². The second kappa shape index (κ2) is 8.53. The minimum absolute atomic E-state index is 0.0533. The predicted molar refractivity (Wildman–Crippen MR) is 146 cm³/mol. The Hall–Kier alpha value is -3.46. The summed E-state index contributed by atoms with van der Waals surface area (Å²) < 4.78 is 34.3. The molecule has 7 rings (SSSR count). The normalized spacial score (nSPS) is 28.8. The van der Waals surface area contributed by atoms with Gasteiger partial charge in [0.25, 0.3) is 0 Å². The van der Waals surface area contributed by atoms with Crippen LogP contribution in [0.3, 0.4) is 0 Å². The van der Waals surface area contributed by atoms with Gasteiger partial charge in [-0.2, -0.15) is 5.10 Å². The number of aromatic nitrogens is 2. The number of rotatable bonds is 3. The van der Waals surface area contributed by atoms with Gasteiger partial charge in [0.05, 0.1) is 36.4 Å². The molecule has 1 spiro atoms. The van der Waals surface area contributed by atoms with Gasteiger partial charge in [0.2, 0.25) is 0 Å². The fourth-order valence-electron chi connectivity index (χ4n) is 6.43. The third-order valence-electron chi connectivity index (χ3n) is 8.40. The Morgan fingerprint density at radius 3 is 2.74 bits per heavy atom. The van der Waals surface area contributed by atoms with Crippen molar-refractivity contribution in [2.75, 3.05) is 31.2 Å². The molecule has 38 heavy (non-hydrogen) atoms. The molecule has 1 unspecified atom stereocenters. The molecule has 2 aromatic carbocycles. The number of hydrogen-bond donors (Lipinski definition) is 1. The highest BCUT2D eigenvalue weighted by atomic mass is 32.2. The van der Waals surface area contributed by atoms with Crippen LogP contribution in [-0.4, -0.2) is 55.7 Å². The number of piperidine rings is 1. The maximum atomic E-state index is 13.8. The number of amidine groups is 1. The Morgan fingerprint density at radius 1 is 1.18 bits per heavy atom. The van der Waals surface area contributed by atoms with Crippen LogP contribution in [0, 0.1) is 18.2 Å². The quantitative estimate of drug-likeness (QED) is 0.555. The lowest BCUT2D eigenvalue weighted by Crippen LogP contribution is -2.66. The fraction of sp³-hybridized carbons (Fsp3) is 0.379. The van der Waals surface area contributed by atoms with E-state index in [2.05, 4.69) is 40.4 Å². The molecule has 2 saturated heterocycles. The number of fused-ring (bicyclic) bond motifs is 2. The number of halogens is 1. The second-order valence-corrected chi connectivity index (χ2v) is 12.7. The van der Waals surface area contributed by atoms with Crippen molar-refractivity contribution >= 4 is 22.7 Å². The van der Waals surface area contributed by atoms with Gasteiger partial charge < -0.3 is 19.6 Å². The summed E-state index contributed by atoms with van der Waals surface area (Å²) in [6, 6.07) is 11.0. The number of hydrazone groups is 1. The second-order valence-electron chi connectivity index (χ2n) is 11.2. The fourth-order valence-corrected chi connectivity index (χ4v) is 8.10. The lowest BCUT2D eigenvalue weighted by atomic mass is 9.75. The van der Waals surface area contributed by atoms with Crippen LogP contribution in [0.15, 0.2) is 59.6 Å². The van der Waals surface area contributed by atoms with Gasteiger partial charge >= 0.3 is 0 Å². The Morgan fingerprint density at radius 2 is 2.00 bits per heavy atom. The summed E-state index contributed by atoms with van der Waals surface area (Å²) in [6.07, 6.45) is 7.75. The standard InChI is InChI=1S/C29H30FN5O2S/c1-19-13-34(18-31-19)25-8-3-20(24-9-10-37-26(24)25)11-21-12-29(16-38(36)17-29)15-35-27(21)33-32-14-28(35,2)22-4-6-23(30)7-5-22/h3-8,11,13,18,32H,9-10,12,14-17H2,1-2H3/b21-11+. The van der Waals surface area contributed by atoms with Crippen LogP contribution in [0.1, 0.15) is 35.7 Å². The van der Waals surface area contributed by atoms with Gasteiger partial charge in [0.1, 0.15) is 11.6 Å². The van der Waals surface area contributed by atoms with E-state index >= 15 is 0 Å². The smallest absolute Gasteiger partial charge is 0.152 e. The van der Waals surface area contributed by atoms with Crippen LogP contribution in [-0.2, 0) is 22.8 Å². The molecule has 1 N–H and O–H groups in total. The topological polar surface area (TPSA) is 71.8 Å². The zero-order valence-electron chi connectivity index (χ0n) is 21.5. The van der Waals surface area contributed by atoms with Crippen LogP contribution in [0.5, 0.6) is 5.75 Å². The molecule has 9 heteroatoms. The monoisotopic (exact) mass is 531 g/mol. The third-order valence-corrected chi connectivity index (χ3v) is 10.3. The zero-order valence-corrected chi connectivity index (χ0v) is 22.4. The molecule has 0 radical (unpaired) electrons. The highest BCUT2D eigenvalue weighted by Gasteiger charge is 2.53. The molecule has 1 aromatic heterocycles. The Balaban J connectivity index is 1.32. The average molecular weight is 532 g/mol. The van der Waals surface area contributed by atoms with E-state index in [1.165, 1.54) is 17.7 Å². The van der Waals surface area contributed by atoms with E-state index in [1.807, 2.05) is 36.1 Å². The molecule has 2 fully saturated rings. The van der Waals surface area contributed by atoms with Crippen LogP contribution >= 0.6 is 0 Å². The van der Waals surface area contributed by atoms with Crippen molar-refractivity contribution < 1.29 is 13.3 Å². The molecule has 5 heterocycles. The molecule has 1 atom stereocenters. The summed E-state index contributed by atoms with van der Waals surface area (Å²) in [7, 11) is -0.784. The summed E-state index contributed by atoms with van der Waals surface area (Å²) in [5.74, 6) is 2.96. The summed E-state index contributed by atoms with van der Waals surface area (Å²) in [6.45, 7) is 6.20. The number of hydrogen-bond acceptors (Lipinski definition) is 6. The average Bonchev–Trinajstić information content (AvgIpc) is 3.54. The Kier molecular flexibility index (Phi) is 5.30. The maximum absolute atomic E-state index is 13.8. The highest BCUT2D eigenvalue weighted by molar-refractivity contribution is 7.86. The molecule has 0 saturated carbocycles. The van der Waals surface area contributed by atoms with Gasteiger partial charge in [-0.05, 0) is 61.2 Å². The molecule has 0 bridgehead atoms. The van der Waals surface area contributed by atoms with Gasteiger partial charge in [-0.1, -0.05) is 18.2 Å². The molecule has 0 amide bonds. The minimum atomic E-state index is -0.784. The van der Waals surface area contributed by atoms with Crippen molar-refractivity contribution in [1.29, 1.82) is 0 Å². The van der Waals surface area contributed by atoms with E-state index in [1.54, 1.807) is 0 Å². The van der Waals surface area contributed by atoms with Crippen molar-refractivity contribution in [3.8, 4) is 11.4 Å². The highest BCUT2D eigenvalue weighted by Crippen LogP contribution is 2.47. The molecule has 4 aliphatic heterocycles. The maximum Gasteiger partial charge on any atom is 0.152 e. The molecule has 3 aromatic rings. The van der Waals surface area contributed by atoms with Crippen LogP contribution in [0.2, 0.25) is 0 Å². The molecule has 7 nitrogen and oxygen atoms in total. The largest absolute Gasteiger partial charge is 0.491 e. The SMILES string of the molecule is Cc1cn(-c2ccc(/C=C3\CC4(CN5C3=NNCC5(C)c3ccc(F)cc3)CS(=O)C4)c3c2OCC3)cn1. The summed E-state index contributed by atoms with van der Waals surface area (Å²) in [5, 5.41) is 4.80. The molecular formula is C29H30FN5O2S. The van der Waals surface area contributed by atoms with E-state index in [0.29, 0.717) is 24.7 Å².